The maximum atomic E-state index is 13.5. The van der Waals surface area contributed by atoms with Gasteiger partial charge in [-0.3, -0.25) is 14.3 Å². The van der Waals surface area contributed by atoms with E-state index in [1.54, 1.807) is 24.7 Å². The van der Waals surface area contributed by atoms with Crippen molar-refractivity contribution < 1.29 is 13.6 Å². The first-order valence-corrected chi connectivity index (χ1v) is 12.0. The zero-order chi connectivity index (χ0) is 22.9. The van der Waals surface area contributed by atoms with Crippen LogP contribution in [0.1, 0.15) is 25.8 Å². The molecule has 1 amide bonds. The van der Waals surface area contributed by atoms with Crippen molar-refractivity contribution in [3.05, 3.63) is 59.7 Å². The average Bonchev–Trinajstić information content (AvgIpc) is 3.40. The highest BCUT2D eigenvalue weighted by Crippen LogP contribution is 2.41. The molecular weight excluding hydrogens is 466 g/mol. The lowest BCUT2D eigenvalue weighted by atomic mass is 10.2. The van der Waals surface area contributed by atoms with Crippen LogP contribution in [0.25, 0.3) is 22.6 Å². The van der Waals surface area contributed by atoms with E-state index >= 15 is 0 Å². The summed E-state index contributed by atoms with van der Waals surface area (Å²) in [6.07, 6.45) is 5.53. The number of thioether (sulfide) groups is 1. The maximum Gasteiger partial charge on any atom is 0.239 e. The minimum atomic E-state index is -0.943. The lowest BCUT2D eigenvalue weighted by Gasteiger charge is -2.12. The highest BCUT2D eigenvalue weighted by molar-refractivity contribution is 8.00. The first-order valence-electron chi connectivity index (χ1n) is 10.2. The van der Waals surface area contributed by atoms with E-state index in [1.165, 1.54) is 29.2 Å². The second kappa shape index (κ2) is 8.99. The number of rotatable bonds is 7. The molecule has 3 heterocycles. The van der Waals surface area contributed by atoms with E-state index in [1.807, 2.05) is 12.1 Å². The van der Waals surface area contributed by atoms with Crippen molar-refractivity contribution >= 4 is 34.1 Å². The van der Waals surface area contributed by atoms with E-state index in [2.05, 4.69) is 30.0 Å². The van der Waals surface area contributed by atoms with E-state index < -0.39 is 16.9 Å². The van der Waals surface area contributed by atoms with Crippen molar-refractivity contribution in [1.29, 1.82) is 0 Å². The van der Waals surface area contributed by atoms with Crippen molar-refractivity contribution in [2.24, 2.45) is 0 Å². The Hall–Kier alpha value is -3.18. The van der Waals surface area contributed by atoms with E-state index in [0.29, 0.717) is 27.6 Å². The molecule has 5 rings (SSSR count). The van der Waals surface area contributed by atoms with Gasteiger partial charge in [-0.15, -0.1) is 21.5 Å². The molecule has 0 spiro atoms. The fourth-order valence-electron chi connectivity index (χ4n) is 3.25. The molecule has 0 aliphatic heterocycles. The van der Waals surface area contributed by atoms with Crippen molar-refractivity contribution in [3.63, 3.8) is 0 Å². The summed E-state index contributed by atoms with van der Waals surface area (Å²) in [4.78, 5) is 21.2. The molecule has 168 valence electrons. The van der Waals surface area contributed by atoms with E-state index in [9.17, 15) is 13.6 Å². The third-order valence-electron chi connectivity index (χ3n) is 5.12. The van der Waals surface area contributed by atoms with E-state index in [-0.39, 0.29) is 5.91 Å². The molecule has 3 aromatic heterocycles. The lowest BCUT2D eigenvalue weighted by Crippen LogP contribution is -2.22. The zero-order valence-electron chi connectivity index (χ0n) is 17.4. The molecule has 7 nitrogen and oxygen atoms in total. The summed E-state index contributed by atoms with van der Waals surface area (Å²) < 4.78 is 28.8. The summed E-state index contributed by atoms with van der Waals surface area (Å²) in [5.41, 5.74) is 1.83. The molecule has 0 bridgehead atoms. The SMILES string of the molecule is CC(Sc1nnc(-c2ccncc2)n1C1CC1)C(=O)Nc1nc(-c2ccc(F)c(F)c2)cs1. The monoisotopic (exact) mass is 484 g/mol. The summed E-state index contributed by atoms with van der Waals surface area (Å²) in [5, 5.41) is 13.8. The van der Waals surface area contributed by atoms with Gasteiger partial charge in [-0.2, -0.15) is 0 Å². The van der Waals surface area contributed by atoms with Gasteiger partial charge in [0.25, 0.3) is 0 Å². The number of hydrogen-bond acceptors (Lipinski definition) is 7. The number of nitrogens with zero attached hydrogens (tertiary/aromatic N) is 5. The summed E-state index contributed by atoms with van der Waals surface area (Å²) >= 11 is 2.55. The van der Waals surface area contributed by atoms with Crippen LogP contribution in [0.5, 0.6) is 0 Å². The van der Waals surface area contributed by atoms with Crippen LogP contribution >= 0.6 is 23.1 Å². The van der Waals surface area contributed by atoms with Gasteiger partial charge in [0.05, 0.1) is 10.9 Å². The normalized spacial score (nSPS) is 14.3. The maximum absolute atomic E-state index is 13.5. The highest BCUT2D eigenvalue weighted by Gasteiger charge is 2.31. The summed E-state index contributed by atoms with van der Waals surface area (Å²) in [7, 11) is 0. The Kier molecular flexibility index (Phi) is 5.90. The minimum Gasteiger partial charge on any atom is -0.301 e. The van der Waals surface area contributed by atoms with Crippen molar-refractivity contribution in [1.82, 2.24) is 24.7 Å². The number of anilines is 1. The van der Waals surface area contributed by atoms with E-state index in [4.69, 9.17) is 0 Å². The van der Waals surface area contributed by atoms with Crippen molar-refractivity contribution in [2.45, 2.75) is 36.2 Å². The molecule has 1 saturated carbocycles. The number of hydrogen-bond donors (Lipinski definition) is 1. The smallest absolute Gasteiger partial charge is 0.239 e. The Morgan fingerprint density at radius 1 is 1.15 bits per heavy atom. The van der Waals surface area contributed by atoms with Crippen LogP contribution in [-0.4, -0.2) is 35.9 Å². The second-order valence-electron chi connectivity index (χ2n) is 7.56. The molecule has 33 heavy (non-hydrogen) atoms. The topological polar surface area (TPSA) is 85.6 Å². The molecular formula is C22H18F2N6OS2. The Balaban J connectivity index is 1.29. The van der Waals surface area contributed by atoms with Crippen LogP contribution in [0.2, 0.25) is 0 Å². The summed E-state index contributed by atoms with van der Waals surface area (Å²) in [6.45, 7) is 1.79. The number of carbonyl (C=O) groups excluding carboxylic acids is 1. The van der Waals surface area contributed by atoms with Crippen LogP contribution in [-0.2, 0) is 4.79 Å². The van der Waals surface area contributed by atoms with Crippen molar-refractivity contribution in [2.75, 3.05) is 5.32 Å². The van der Waals surface area contributed by atoms with Crippen LogP contribution < -0.4 is 5.32 Å². The van der Waals surface area contributed by atoms with Crippen LogP contribution in [0.4, 0.5) is 13.9 Å². The molecule has 1 fully saturated rings. The second-order valence-corrected chi connectivity index (χ2v) is 9.73. The first kappa shape index (κ1) is 21.7. The van der Waals surface area contributed by atoms with Crippen molar-refractivity contribution in [3.8, 4) is 22.6 Å². The van der Waals surface area contributed by atoms with Gasteiger partial charge in [0.15, 0.2) is 27.7 Å². The molecule has 0 saturated heterocycles. The number of nitrogens with one attached hydrogen (secondary N) is 1. The summed E-state index contributed by atoms with van der Waals surface area (Å²) in [5.74, 6) is -1.32. The van der Waals surface area contributed by atoms with E-state index in [0.717, 1.165) is 36.4 Å². The Labute approximate surface area is 196 Å². The third kappa shape index (κ3) is 4.64. The van der Waals surface area contributed by atoms with Gasteiger partial charge in [0, 0.05) is 34.9 Å². The molecule has 11 heteroatoms. The third-order valence-corrected chi connectivity index (χ3v) is 6.93. The molecule has 4 aromatic rings. The standard InChI is InChI=1S/C22H18F2N6OS2/c1-12(20(31)27-21-26-18(11-32-21)14-2-5-16(23)17(24)10-14)33-22-29-28-19(30(22)15-3-4-15)13-6-8-25-9-7-13/h2,5-12,15H,3-4H2,1H3,(H,26,27,31). The Morgan fingerprint density at radius 3 is 2.67 bits per heavy atom. The highest BCUT2D eigenvalue weighted by atomic mass is 32.2. The number of pyridine rings is 1. The number of halogens is 2. The van der Waals surface area contributed by atoms with Gasteiger partial charge in [-0.25, -0.2) is 13.8 Å². The lowest BCUT2D eigenvalue weighted by molar-refractivity contribution is -0.115. The fourth-order valence-corrected chi connectivity index (χ4v) is 4.90. The van der Waals surface area contributed by atoms with Gasteiger partial charge in [0.2, 0.25) is 5.91 Å². The molecule has 1 N–H and O–H groups in total. The number of aromatic nitrogens is 5. The molecule has 1 unspecified atom stereocenters. The Morgan fingerprint density at radius 2 is 1.94 bits per heavy atom. The van der Waals surface area contributed by atoms with Gasteiger partial charge >= 0.3 is 0 Å². The first-order chi connectivity index (χ1) is 16.0. The van der Waals surface area contributed by atoms with Gasteiger partial charge in [-0.05, 0) is 50.1 Å². The fraction of sp³-hybridized carbons (Fsp3) is 0.227. The molecule has 1 aliphatic carbocycles. The number of carbonyl (C=O) groups is 1. The van der Waals surface area contributed by atoms with Gasteiger partial charge < -0.3 is 5.32 Å². The van der Waals surface area contributed by atoms with Crippen LogP contribution in [0, 0.1) is 11.6 Å². The number of amides is 1. The van der Waals surface area contributed by atoms with Gasteiger partial charge in [-0.1, -0.05) is 11.8 Å². The molecule has 1 aromatic carbocycles. The largest absolute Gasteiger partial charge is 0.301 e. The molecule has 0 radical (unpaired) electrons. The predicted molar refractivity (Wildman–Crippen MR) is 123 cm³/mol. The Bertz CT molecular complexity index is 1310. The average molecular weight is 485 g/mol. The van der Waals surface area contributed by atoms with Gasteiger partial charge in [0.1, 0.15) is 0 Å². The van der Waals surface area contributed by atoms with Crippen LogP contribution in [0.15, 0.2) is 53.3 Å². The quantitative estimate of drug-likeness (QED) is 0.363. The number of benzene rings is 1. The van der Waals surface area contributed by atoms with Crippen LogP contribution in [0.3, 0.4) is 0 Å². The molecule has 1 atom stereocenters. The minimum absolute atomic E-state index is 0.234. The number of thiazole rings is 1. The zero-order valence-corrected chi connectivity index (χ0v) is 19.0. The molecule has 1 aliphatic rings. The predicted octanol–water partition coefficient (Wildman–Crippen LogP) is 5.20. The summed E-state index contributed by atoms with van der Waals surface area (Å²) in [6, 6.07) is 7.69.